The number of hydrogen-bond acceptors (Lipinski definition) is 4. The highest BCUT2D eigenvalue weighted by Crippen LogP contribution is 2.26. The van der Waals surface area contributed by atoms with Crippen molar-refractivity contribution in [3.63, 3.8) is 0 Å². The van der Waals surface area contributed by atoms with Crippen LogP contribution in [0.3, 0.4) is 0 Å². The Bertz CT molecular complexity index is 573. The first-order valence-electron chi connectivity index (χ1n) is 6.95. The van der Waals surface area contributed by atoms with E-state index in [2.05, 4.69) is 17.0 Å². The minimum Gasteiger partial charge on any atom is -0.379 e. The highest BCUT2D eigenvalue weighted by atomic mass is 32.2. The van der Waals surface area contributed by atoms with Crippen LogP contribution in [0.5, 0.6) is 0 Å². The van der Waals surface area contributed by atoms with E-state index in [0.29, 0.717) is 11.5 Å². The Balaban J connectivity index is 1.70. The van der Waals surface area contributed by atoms with Crippen molar-refractivity contribution in [3.8, 4) is 0 Å². The number of ether oxygens (including phenoxy) is 1. The molecule has 2 aliphatic rings. The molecule has 1 aromatic carbocycles. The Hall–Kier alpha value is -1.11. The highest BCUT2D eigenvalue weighted by Gasteiger charge is 2.30. The second-order valence-corrected chi connectivity index (χ2v) is 7.62. The van der Waals surface area contributed by atoms with Gasteiger partial charge in [0.15, 0.2) is 0 Å². The van der Waals surface area contributed by atoms with Gasteiger partial charge in [-0.15, -0.1) is 0 Å². The van der Waals surface area contributed by atoms with Crippen LogP contribution in [0.1, 0.15) is 26.2 Å². The van der Waals surface area contributed by atoms with Gasteiger partial charge in [0.1, 0.15) is 0 Å². The average Bonchev–Trinajstić information content (AvgIpc) is 3.09. The van der Waals surface area contributed by atoms with Crippen LogP contribution >= 0.6 is 0 Å². The van der Waals surface area contributed by atoms with E-state index in [1.807, 2.05) is 12.1 Å². The van der Waals surface area contributed by atoms with Crippen LogP contribution in [0, 0.1) is 0 Å². The van der Waals surface area contributed by atoms with Crippen LogP contribution in [0.2, 0.25) is 0 Å². The summed E-state index contributed by atoms with van der Waals surface area (Å²) in [4.78, 5) is 0.322. The van der Waals surface area contributed by atoms with Crippen molar-refractivity contribution >= 4 is 15.7 Å². The summed E-state index contributed by atoms with van der Waals surface area (Å²) in [6, 6.07) is 7.04. The van der Waals surface area contributed by atoms with Crippen molar-refractivity contribution in [1.29, 1.82) is 0 Å². The topological polar surface area (TPSA) is 67.4 Å². The summed E-state index contributed by atoms with van der Waals surface area (Å²) in [5.41, 5.74) is 0.857. The molecule has 6 heteroatoms. The molecule has 5 nitrogen and oxygen atoms in total. The van der Waals surface area contributed by atoms with Crippen molar-refractivity contribution in [2.24, 2.45) is 0 Å². The number of anilines is 1. The molecule has 1 atom stereocenters. The molecule has 1 unspecified atom stereocenters. The van der Waals surface area contributed by atoms with Gasteiger partial charge in [-0.2, -0.15) is 0 Å². The van der Waals surface area contributed by atoms with Crippen LogP contribution in [0.4, 0.5) is 5.69 Å². The molecule has 0 aromatic heterocycles. The summed E-state index contributed by atoms with van der Waals surface area (Å²) in [6.07, 6.45) is 2.84. The lowest BCUT2D eigenvalue weighted by atomic mass is 10.0. The van der Waals surface area contributed by atoms with Gasteiger partial charge >= 0.3 is 0 Å². The number of hydrogen-bond donors (Lipinski definition) is 2. The zero-order valence-electron chi connectivity index (χ0n) is 11.6. The molecular weight excluding hydrogens is 276 g/mol. The standard InChI is InChI=1S/C14H20N2O3S/c1-14(8-9-19-10-14)15-11-4-6-13(7-5-11)20(17,18)16-12-2-3-12/h4-7,12,15-16H,2-3,8-10H2,1H3. The third-order valence-corrected chi connectivity index (χ3v) is 5.27. The molecule has 0 radical (unpaired) electrons. The number of nitrogens with one attached hydrogen (secondary N) is 2. The zero-order valence-corrected chi connectivity index (χ0v) is 12.4. The average molecular weight is 296 g/mol. The molecule has 1 aliphatic carbocycles. The molecule has 1 aliphatic heterocycles. The molecule has 0 spiro atoms. The molecule has 1 saturated carbocycles. The SMILES string of the molecule is CC1(Nc2ccc(S(=O)(=O)NC3CC3)cc2)CCOC1. The first-order chi connectivity index (χ1) is 9.47. The van der Waals surface area contributed by atoms with E-state index in [9.17, 15) is 8.42 Å². The molecule has 1 heterocycles. The predicted octanol–water partition coefficient (Wildman–Crippen LogP) is 1.72. The summed E-state index contributed by atoms with van der Waals surface area (Å²) in [5, 5.41) is 3.41. The van der Waals surface area contributed by atoms with E-state index in [1.54, 1.807) is 12.1 Å². The molecular formula is C14H20N2O3S. The van der Waals surface area contributed by atoms with Gasteiger partial charge < -0.3 is 10.1 Å². The largest absolute Gasteiger partial charge is 0.379 e. The van der Waals surface area contributed by atoms with Crippen molar-refractivity contribution < 1.29 is 13.2 Å². The molecule has 1 saturated heterocycles. The lowest BCUT2D eigenvalue weighted by Crippen LogP contribution is -2.34. The fourth-order valence-electron chi connectivity index (χ4n) is 2.32. The lowest BCUT2D eigenvalue weighted by Gasteiger charge is -2.25. The monoisotopic (exact) mass is 296 g/mol. The fraction of sp³-hybridized carbons (Fsp3) is 0.571. The minimum absolute atomic E-state index is 0.0628. The predicted molar refractivity (Wildman–Crippen MR) is 77.2 cm³/mol. The Labute approximate surface area is 119 Å². The maximum absolute atomic E-state index is 12.0. The van der Waals surface area contributed by atoms with Gasteiger partial charge in [0.05, 0.1) is 17.0 Å². The van der Waals surface area contributed by atoms with Gasteiger partial charge in [0.2, 0.25) is 10.0 Å². The molecule has 3 rings (SSSR count). The fourth-order valence-corrected chi connectivity index (χ4v) is 3.63. The summed E-state index contributed by atoms with van der Waals surface area (Å²) in [7, 11) is -3.36. The number of benzene rings is 1. The van der Waals surface area contributed by atoms with Gasteiger partial charge in [0, 0.05) is 18.3 Å². The molecule has 2 fully saturated rings. The Morgan fingerprint density at radius 3 is 2.50 bits per heavy atom. The van der Waals surface area contributed by atoms with Gasteiger partial charge in [-0.25, -0.2) is 13.1 Å². The van der Waals surface area contributed by atoms with Crippen molar-refractivity contribution in [1.82, 2.24) is 4.72 Å². The second kappa shape index (κ2) is 5.02. The minimum atomic E-state index is -3.36. The summed E-state index contributed by atoms with van der Waals surface area (Å²) < 4.78 is 32.2. The molecule has 1 aromatic rings. The van der Waals surface area contributed by atoms with Gasteiger partial charge in [0.25, 0.3) is 0 Å². The normalized spacial score (nSPS) is 26.6. The van der Waals surface area contributed by atoms with Crippen LogP contribution in [0.15, 0.2) is 29.2 Å². The van der Waals surface area contributed by atoms with Crippen molar-refractivity contribution in [2.45, 2.75) is 42.7 Å². The first-order valence-corrected chi connectivity index (χ1v) is 8.44. The van der Waals surface area contributed by atoms with Crippen LogP contribution in [-0.2, 0) is 14.8 Å². The van der Waals surface area contributed by atoms with Crippen molar-refractivity contribution in [2.75, 3.05) is 18.5 Å². The molecule has 20 heavy (non-hydrogen) atoms. The Morgan fingerprint density at radius 2 is 1.95 bits per heavy atom. The second-order valence-electron chi connectivity index (χ2n) is 5.91. The van der Waals surface area contributed by atoms with Crippen LogP contribution in [-0.4, -0.2) is 33.2 Å². The van der Waals surface area contributed by atoms with E-state index in [-0.39, 0.29) is 11.6 Å². The zero-order chi connectivity index (χ0) is 14.2. The Kier molecular flexibility index (Phi) is 3.48. The maximum Gasteiger partial charge on any atom is 0.240 e. The molecule has 2 N–H and O–H groups in total. The third kappa shape index (κ3) is 3.13. The first kappa shape index (κ1) is 13.9. The van der Waals surface area contributed by atoms with E-state index < -0.39 is 10.0 Å². The summed E-state index contributed by atoms with van der Waals surface area (Å²) in [6.45, 7) is 3.55. The van der Waals surface area contributed by atoms with Gasteiger partial charge in [-0.1, -0.05) is 0 Å². The molecule has 0 amide bonds. The third-order valence-electron chi connectivity index (χ3n) is 3.73. The number of sulfonamides is 1. The van der Waals surface area contributed by atoms with Gasteiger partial charge in [-0.05, 0) is 50.5 Å². The summed E-state index contributed by atoms with van der Waals surface area (Å²) in [5.74, 6) is 0. The Morgan fingerprint density at radius 1 is 1.25 bits per heavy atom. The molecule has 110 valence electrons. The maximum atomic E-state index is 12.0. The van der Waals surface area contributed by atoms with Crippen molar-refractivity contribution in [3.05, 3.63) is 24.3 Å². The molecule has 0 bridgehead atoms. The van der Waals surface area contributed by atoms with E-state index in [4.69, 9.17) is 4.74 Å². The number of rotatable bonds is 5. The highest BCUT2D eigenvalue weighted by molar-refractivity contribution is 7.89. The van der Waals surface area contributed by atoms with Crippen LogP contribution in [0.25, 0.3) is 0 Å². The van der Waals surface area contributed by atoms with E-state index >= 15 is 0 Å². The van der Waals surface area contributed by atoms with Crippen LogP contribution < -0.4 is 10.0 Å². The smallest absolute Gasteiger partial charge is 0.240 e. The lowest BCUT2D eigenvalue weighted by molar-refractivity contribution is 0.185. The van der Waals surface area contributed by atoms with E-state index in [0.717, 1.165) is 31.6 Å². The summed E-state index contributed by atoms with van der Waals surface area (Å²) >= 11 is 0. The quantitative estimate of drug-likeness (QED) is 0.868. The van der Waals surface area contributed by atoms with Gasteiger partial charge in [-0.3, -0.25) is 0 Å². The van der Waals surface area contributed by atoms with E-state index in [1.165, 1.54) is 0 Å².